The van der Waals surface area contributed by atoms with E-state index in [1.165, 1.54) is 11.0 Å². The number of carbonyl (C=O) groups is 1. The first-order chi connectivity index (χ1) is 9.63. The topological polar surface area (TPSA) is 82.8 Å². The summed E-state index contributed by atoms with van der Waals surface area (Å²) in [5, 5.41) is 1.99. The predicted molar refractivity (Wildman–Crippen MR) is 77.0 cm³/mol. The van der Waals surface area contributed by atoms with Crippen molar-refractivity contribution in [2.45, 2.75) is 19.3 Å². The lowest BCUT2D eigenvalue weighted by Gasteiger charge is -2.15. The van der Waals surface area contributed by atoms with E-state index in [1.54, 1.807) is 11.3 Å². The van der Waals surface area contributed by atoms with Gasteiger partial charge in [0.2, 0.25) is 0 Å². The van der Waals surface area contributed by atoms with Gasteiger partial charge in [0.15, 0.2) is 5.78 Å². The standard InChI is InChI=1S/C14H12N2O3S/c17-9-6-8(3-4-10-2-1-5-20-10)12-11(7-9)15-14(19)16-13(12)18/h1-2,5-6H,3-4,7H2,(H2,15,16,18,19). The molecule has 1 aliphatic carbocycles. The van der Waals surface area contributed by atoms with E-state index in [9.17, 15) is 14.4 Å². The number of H-pyrrole nitrogens is 2. The molecule has 0 spiro atoms. The molecular weight excluding hydrogens is 276 g/mol. The van der Waals surface area contributed by atoms with Gasteiger partial charge in [0.05, 0.1) is 12.0 Å². The van der Waals surface area contributed by atoms with Crippen molar-refractivity contribution in [1.82, 2.24) is 9.97 Å². The number of aromatic amines is 2. The highest BCUT2D eigenvalue weighted by Crippen LogP contribution is 2.25. The molecule has 2 heterocycles. The van der Waals surface area contributed by atoms with Crippen LogP contribution in [0, 0.1) is 0 Å². The molecule has 2 aromatic rings. The lowest BCUT2D eigenvalue weighted by atomic mass is 9.92. The predicted octanol–water partition coefficient (Wildman–Crippen LogP) is 1.27. The van der Waals surface area contributed by atoms with Crippen molar-refractivity contribution in [2.75, 3.05) is 0 Å². The average Bonchev–Trinajstić information content (AvgIpc) is 2.87. The Bertz CT molecular complexity index is 797. The highest BCUT2D eigenvalue weighted by atomic mass is 32.1. The van der Waals surface area contributed by atoms with Crippen LogP contribution in [0.5, 0.6) is 0 Å². The van der Waals surface area contributed by atoms with E-state index in [-0.39, 0.29) is 12.2 Å². The van der Waals surface area contributed by atoms with Crippen molar-refractivity contribution in [2.24, 2.45) is 0 Å². The van der Waals surface area contributed by atoms with Gasteiger partial charge in [-0.2, -0.15) is 0 Å². The number of hydrogen-bond acceptors (Lipinski definition) is 4. The SMILES string of the molecule is O=C1C=C(CCc2cccs2)c2c([nH]c(=O)[nH]c2=O)C1. The zero-order chi connectivity index (χ0) is 14.1. The van der Waals surface area contributed by atoms with Gasteiger partial charge in [0.1, 0.15) is 0 Å². The summed E-state index contributed by atoms with van der Waals surface area (Å²) in [5.74, 6) is -0.0834. The summed E-state index contributed by atoms with van der Waals surface area (Å²) < 4.78 is 0. The molecule has 0 aliphatic heterocycles. The maximum atomic E-state index is 11.9. The molecular formula is C14H12N2O3S. The zero-order valence-electron chi connectivity index (χ0n) is 10.6. The van der Waals surface area contributed by atoms with Crippen LogP contribution in [0.3, 0.4) is 0 Å². The number of hydrogen-bond donors (Lipinski definition) is 2. The molecule has 20 heavy (non-hydrogen) atoms. The molecule has 2 aromatic heterocycles. The van der Waals surface area contributed by atoms with Crippen molar-refractivity contribution in [3.63, 3.8) is 0 Å². The minimum absolute atomic E-state index is 0.0804. The smallest absolute Gasteiger partial charge is 0.310 e. The van der Waals surface area contributed by atoms with Crippen LogP contribution in [0.1, 0.15) is 22.6 Å². The zero-order valence-corrected chi connectivity index (χ0v) is 11.4. The van der Waals surface area contributed by atoms with Gasteiger partial charge in [0, 0.05) is 10.6 Å². The average molecular weight is 288 g/mol. The molecule has 5 nitrogen and oxygen atoms in total. The van der Waals surface area contributed by atoms with E-state index in [1.807, 2.05) is 17.5 Å². The second-order valence-electron chi connectivity index (χ2n) is 4.65. The third-order valence-corrected chi connectivity index (χ3v) is 4.18. The first-order valence-corrected chi connectivity index (χ1v) is 7.13. The lowest BCUT2D eigenvalue weighted by Crippen LogP contribution is -2.30. The Kier molecular flexibility index (Phi) is 3.23. The molecule has 0 saturated heterocycles. The number of fused-ring (bicyclic) bond motifs is 1. The van der Waals surface area contributed by atoms with Crippen molar-refractivity contribution in [3.05, 3.63) is 60.6 Å². The van der Waals surface area contributed by atoms with Crippen molar-refractivity contribution >= 4 is 22.7 Å². The molecule has 0 unspecified atom stereocenters. The van der Waals surface area contributed by atoms with E-state index < -0.39 is 11.2 Å². The van der Waals surface area contributed by atoms with Crippen LogP contribution in [0.15, 0.2) is 33.2 Å². The number of thiophene rings is 1. The Morgan fingerprint density at radius 1 is 1.15 bits per heavy atom. The normalized spacial score (nSPS) is 14.0. The second kappa shape index (κ2) is 5.05. The van der Waals surface area contributed by atoms with Crippen molar-refractivity contribution in [1.29, 1.82) is 0 Å². The summed E-state index contributed by atoms with van der Waals surface area (Å²) in [5.41, 5.74) is 0.574. The Morgan fingerprint density at radius 3 is 2.75 bits per heavy atom. The van der Waals surface area contributed by atoms with Crippen LogP contribution in [-0.2, 0) is 17.6 Å². The fourth-order valence-electron chi connectivity index (χ4n) is 2.41. The highest BCUT2D eigenvalue weighted by molar-refractivity contribution is 7.09. The minimum Gasteiger partial charge on any atom is -0.310 e. The lowest BCUT2D eigenvalue weighted by molar-refractivity contribution is -0.114. The number of aryl methyl sites for hydroxylation is 1. The van der Waals surface area contributed by atoms with E-state index in [4.69, 9.17) is 0 Å². The molecule has 3 rings (SSSR count). The van der Waals surface area contributed by atoms with Crippen molar-refractivity contribution < 1.29 is 4.79 Å². The van der Waals surface area contributed by atoms with Crippen LogP contribution in [-0.4, -0.2) is 15.8 Å². The maximum Gasteiger partial charge on any atom is 0.325 e. The molecule has 1 aliphatic rings. The molecule has 0 fully saturated rings. The van der Waals surface area contributed by atoms with Gasteiger partial charge in [-0.15, -0.1) is 11.3 Å². The monoisotopic (exact) mass is 288 g/mol. The third kappa shape index (κ3) is 2.42. The van der Waals surface area contributed by atoms with Gasteiger partial charge in [-0.05, 0) is 35.9 Å². The first-order valence-electron chi connectivity index (χ1n) is 6.25. The highest BCUT2D eigenvalue weighted by Gasteiger charge is 2.21. The number of ketones is 1. The first kappa shape index (κ1) is 12.8. The largest absolute Gasteiger partial charge is 0.325 e. The minimum atomic E-state index is -0.568. The van der Waals surface area contributed by atoms with Crippen LogP contribution in [0.25, 0.3) is 5.57 Å². The van der Waals surface area contributed by atoms with Crippen LogP contribution in [0.4, 0.5) is 0 Å². The molecule has 0 saturated carbocycles. The van der Waals surface area contributed by atoms with Crippen LogP contribution < -0.4 is 11.2 Å². The summed E-state index contributed by atoms with van der Waals surface area (Å²) in [6.07, 6.45) is 2.98. The second-order valence-corrected chi connectivity index (χ2v) is 5.69. The van der Waals surface area contributed by atoms with E-state index in [0.717, 1.165) is 6.42 Å². The Labute approximate surface area is 118 Å². The summed E-state index contributed by atoms with van der Waals surface area (Å²) in [4.78, 5) is 40.9. The molecule has 0 radical (unpaired) electrons. The molecule has 0 amide bonds. The van der Waals surface area contributed by atoms with Crippen molar-refractivity contribution in [3.8, 4) is 0 Å². The fourth-order valence-corrected chi connectivity index (χ4v) is 3.12. The summed E-state index contributed by atoms with van der Waals surface area (Å²) in [7, 11) is 0. The summed E-state index contributed by atoms with van der Waals surface area (Å²) in [6, 6.07) is 3.99. The molecule has 6 heteroatoms. The number of carbonyl (C=O) groups excluding carboxylic acids is 1. The van der Waals surface area contributed by atoms with E-state index >= 15 is 0 Å². The molecule has 102 valence electrons. The Morgan fingerprint density at radius 2 is 2.00 bits per heavy atom. The fraction of sp³-hybridized carbons (Fsp3) is 0.214. The van der Waals surface area contributed by atoms with Crippen LogP contribution >= 0.6 is 11.3 Å². The number of nitrogens with one attached hydrogen (secondary N) is 2. The van der Waals surface area contributed by atoms with Gasteiger partial charge in [-0.1, -0.05) is 6.07 Å². The number of allylic oxidation sites excluding steroid dienone is 2. The number of rotatable bonds is 3. The molecule has 2 N–H and O–H groups in total. The van der Waals surface area contributed by atoms with Gasteiger partial charge in [0.25, 0.3) is 5.56 Å². The van der Waals surface area contributed by atoms with E-state index in [0.29, 0.717) is 23.3 Å². The van der Waals surface area contributed by atoms with E-state index in [2.05, 4.69) is 9.97 Å². The van der Waals surface area contributed by atoms with Gasteiger partial charge in [-0.25, -0.2) is 4.79 Å². The summed E-state index contributed by atoms with van der Waals surface area (Å²) in [6.45, 7) is 0. The van der Waals surface area contributed by atoms with Gasteiger partial charge < -0.3 is 4.98 Å². The molecule has 0 atom stereocenters. The quantitative estimate of drug-likeness (QED) is 0.892. The molecule has 0 bridgehead atoms. The maximum absolute atomic E-state index is 11.9. The Hall–Kier alpha value is -2.21. The van der Waals surface area contributed by atoms with Gasteiger partial charge in [-0.3, -0.25) is 14.6 Å². The summed E-state index contributed by atoms with van der Waals surface area (Å²) >= 11 is 1.64. The number of aromatic nitrogens is 2. The van der Waals surface area contributed by atoms with Crippen LogP contribution in [0.2, 0.25) is 0 Å². The molecule has 0 aromatic carbocycles. The third-order valence-electron chi connectivity index (χ3n) is 3.25. The van der Waals surface area contributed by atoms with Gasteiger partial charge >= 0.3 is 5.69 Å². The Balaban J connectivity index is 1.97.